The van der Waals surface area contributed by atoms with E-state index in [1.807, 2.05) is 0 Å². The smallest absolute Gasteiger partial charge is 0.348 e. The molecule has 90 valence electrons. The maximum atomic E-state index is 11.8. The maximum Gasteiger partial charge on any atom is 0.348 e. The van der Waals surface area contributed by atoms with E-state index in [2.05, 4.69) is 0 Å². The molecule has 0 unspecified atom stereocenters. The van der Waals surface area contributed by atoms with Crippen LogP contribution in [-0.2, 0) is 0 Å². The zero-order valence-electron chi connectivity index (χ0n) is 8.98. The van der Waals surface area contributed by atoms with Crippen molar-refractivity contribution >= 4 is 33.3 Å². The van der Waals surface area contributed by atoms with E-state index >= 15 is 0 Å². The number of halogens is 1. The molecular weight excluding hydrogens is 256 g/mol. The van der Waals surface area contributed by atoms with Crippen molar-refractivity contribution in [3.8, 4) is 11.5 Å². The predicted octanol–water partition coefficient (Wildman–Crippen LogP) is 3.01. The average Bonchev–Trinajstić information content (AvgIpc) is 2.32. The third-order valence-corrected chi connectivity index (χ3v) is 3.02. The van der Waals surface area contributed by atoms with Crippen LogP contribution in [0.3, 0.4) is 0 Å². The fourth-order valence-corrected chi connectivity index (χ4v) is 2.16. The normalized spacial score (nSPS) is 11.2. The Morgan fingerprint density at radius 3 is 2.39 bits per heavy atom. The molecule has 0 atom stereocenters. The van der Waals surface area contributed by atoms with E-state index in [1.54, 1.807) is 12.1 Å². The van der Waals surface area contributed by atoms with Gasteiger partial charge in [-0.05, 0) is 24.3 Å². The number of aromatic hydroxyl groups is 2. The third kappa shape index (κ3) is 1.43. The van der Waals surface area contributed by atoms with Crippen LogP contribution in [0.4, 0.5) is 0 Å². The van der Waals surface area contributed by atoms with Gasteiger partial charge in [0.05, 0.1) is 0 Å². The molecule has 18 heavy (non-hydrogen) atoms. The van der Waals surface area contributed by atoms with Crippen molar-refractivity contribution in [3.05, 3.63) is 45.8 Å². The van der Waals surface area contributed by atoms with Crippen LogP contribution in [0.15, 0.2) is 39.5 Å². The Morgan fingerprint density at radius 1 is 1.00 bits per heavy atom. The summed E-state index contributed by atoms with van der Waals surface area (Å²) in [7, 11) is 0. The van der Waals surface area contributed by atoms with E-state index in [9.17, 15) is 15.0 Å². The number of phenols is 2. The Bertz CT molecular complexity index is 836. The van der Waals surface area contributed by atoms with Gasteiger partial charge in [0.25, 0.3) is 0 Å². The average molecular weight is 263 g/mol. The fraction of sp³-hybridized carbons (Fsp3) is 0. The molecule has 4 nitrogen and oxygen atoms in total. The molecule has 0 spiro atoms. The van der Waals surface area contributed by atoms with Crippen molar-refractivity contribution < 1.29 is 14.6 Å². The largest absolute Gasteiger partial charge is 0.507 e. The van der Waals surface area contributed by atoms with Gasteiger partial charge in [0, 0.05) is 21.9 Å². The Labute approximate surface area is 106 Å². The molecule has 0 bridgehead atoms. The third-order valence-electron chi connectivity index (χ3n) is 2.78. The van der Waals surface area contributed by atoms with Crippen LogP contribution < -0.4 is 5.63 Å². The van der Waals surface area contributed by atoms with Crippen molar-refractivity contribution in [3.63, 3.8) is 0 Å². The van der Waals surface area contributed by atoms with Gasteiger partial charge in [-0.15, -0.1) is 0 Å². The highest BCUT2D eigenvalue weighted by Gasteiger charge is 2.14. The Hall–Kier alpha value is -2.20. The Morgan fingerprint density at radius 2 is 1.67 bits per heavy atom. The van der Waals surface area contributed by atoms with Crippen LogP contribution in [0.25, 0.3) is 21.7 Å². The van der Waals surface area contributed by atoms with Crippen molar-refractivity contribution in [2.75, 3.05) is 0 Å². The molecule has 2 aromatic carbocycles. The first-order valence-corrected chi connectivity index (χ1v) is 5.53. The van der Waals surface area contributed by atoms with Crippen LogP contribution in [0.1, 0.15) is 0 Å². The van der Waals surface area contributed by atoms with Crippen LogP contribution in [-0.4, -0.2) is 10.2 Å². The van der Waals surface area contributed by atoms with Gasteiger partial charge in [0.1, 0.15) is 22.5 Å². The SMILES string of the molecule is O=c1oc2cc(Cl)ccc2c2c(O)ccc(O)c12. The molecule has 0 saturated heterocycles. The minimum Gasteiger partial charge on any atom is -0.507 e. The summed E-state index contributed by atoms with van der Waals surface area (Å²) in [6.45, 7) is 0. The topological polar surface area (TPSA) is 70.7 Å². The van der Waals surface area contributed by atoms with E-state index in [0.717, 1.165) is 0 Å². The minimum absolute atomic E-state index is 0.0372. The van der Waals surface area contributed by atoms with Crippen molar-refractivity contribution in [1.29, 1.82) is 0 Å². The van der Waals surface area contributed by atoms with Crippen LogP contribution in [0, 0.1) is 0 Å². The van der Waals surface area contributed by atoms with Gasteiger partial charge in [-0.25, -0.2) is 4.79 Å². The minimum atomic E-state index is -0.715. The highest BCUT2D eigenvalue weighted by atomic mass is 35.5. The lowest BCUT2D eigenvalue weighted by Crippen LogP contribution is -2.00. The summed E-state index contributed by atoms with van der Waals surface area (Å²) >= 11 is 5.82. The molecule has 0 fully saturated rings. The molecule has 1 aromatic heterocycles. The molecule has 0 radical (unpaired) electrons. The van der Waals surface area contributed by atoms with Gasteiger partial charge in [-0.3, -0.25) is 0 Å². The first-order chi connectivity index (χ1) is 8.58. The molecule has 0 aliphatic heterocycles. The summed E-state index contributed by atoms with van der Waals surface area (Å²) in [5.41, 5.74) is -0.450. The molecule has 1 heterocycles. The summed E-state index contributed by atoms with van der Waals surface area (Å²) in [5, 5.41) is 20.7. The maximum absolute atomic E-state index is 11.8. The second-order valence-electron chi connectivity index (χ2n) is 3.88. The number of phenolic OH excluding ortho intramolecular Hbond substituents is 2. The standard InChI is InChI=1S/C13H7ClO4/c14-6-1-2-7-10(5-6)18-13(17)12-9(16)4-3-8(15)11(7)12/h1-5,15-16H. The summed E-state index contributed by atoms with van der Waals surface area (Å²) < 4.78 is 5.08. The number of benzene rings is 2. The molecule has 5 heteroatoms. The van der Waals surface area contributed by atoms with E-state index in [-0.39, 0.29) is 27.9 Å². The molecule has 2 N–H and O–H groups in total. The Balaban J connectivity index is 2.70. The molecule has 0 amide bonds. The molecule has 3 aromatic rings. The number of hydrogen-bond donors (Lipinski definition) is 2. The van der Waals surface area contributed by atoms with Gasteiger partial charge in [-0.1, -0.05) is 11.6 Å². The second kappa shape index (κ2) is 3.65. The first-order valence-electron chi connectivity index (χ1n) is 5.15. The predicted molar refractivity (Wildman–Crippen MR) is 68.3 cm³/mol. The van der Waals surface area contributed by atoms with Gasteiger partial charge >= 0.3 is 5.63 Å². The summed E-state index contributed by atoms with van der Waals surface area (Å²) in [5.74, 6) is -0.323. The zero-order valence-corrected chi connectivity index (χ0v) is 9.73. The molecule has 0 aliphatic carbocycles. The van der Waals surface area contributed by atoms with Crippen molar-refractivity contribution in [2.45, 2.75) is 0 Å². The summed E-state index contributed by atoms with van der Waals surface area (Å²) in [4.78, 5) is 11.8. The van der Waals surface area contributed by atoms with Gasteiger partial charge in [-0.2, -0.15) is 0 Å². The highest BCUT2D eigenvalue weighted by Crippen LogP contribution is 2.35. The lowest BCUT2D eigenvalue weighted by atomic mass is 10.1. The lowest BCUT2D eigenvalue weighted by molar-refractivity contribution is 0.466. The fourth-order valence-electron chi connectivity index (χ4n) is 2.00. The quantitative estimate of drug-likeness (QED) is 0.371. The Kier molecular flexibility index (Phi) is 2.21. The van der Waals surface area contributed by atoms with E-state index in [4.69, 9.17) is 16.0 Å². The molecular formula is C13H7ClO4. The molecule has 0 aliphatic rings. The van der Waals surface area contributed by atoms with E-state index in [0.29, 0.717) is 10.4 Å². The second-order valence-corrected chi connectivity index (χ2v) is 4.32. The summed E-state index contributed by atoms with van der Waals surface area (Å²) in [6.07, 6.45) is 0. The van der Waals surface area contributed by atoms with Gasteiger partial charge in [0.2, 0.25) is 0 Å². The first kappa shape index (κ1) is 10.9. The van der Waals surface area contributed by atoms with E-state index in [1.165, 1.54) is 18.2 Å². The summed E-state index contributed by atoms with van der Waals surface area (Å²) in [6, 6.07) is 7.30. The van der Waals surface area contributed by atoms with E-state index < -0.39 is 5.63 Å². The van der Waals surface area contributed by atoms with Gasteiger partial charge in [0.15, 0.2) is 0 Å². The monoisotopic (exact) mass is 262 g/mol. The zero-order chi connectivity index (χ0) is 12.9. The molecule has 3 rings (SSSR count). The van der Waals surface area contributed by atoms with Crippen LogP contribution in [0.5, 0.6) is 11.5 Å². The van der Waals surface area contributed by atoms with Crippen LogP contribution in [0.2, 0.25) is 5.02 Å². The number of rotatable bonds is 0. The van der Waals surface area contributed by atoms with Crippen molar-refractivity contribution in [2.24, 2.45) is 0 Å². The van der Waals surface area contributed by atoms with Gasteiger partial charge < -0.3 is 14.6 Å². The number of fused-ring (bicyclic) bond motifs is 3. The lowest BCUT2D eigenvalue weighted by Gasteiger charge is -2.06. The highest BCUT2D eigenvalue weighted by molar-refractivity contribution is 6.31. The number of hydrogen-bond acceptors (Lipinski definition) is 4. The van der Waals surface area contributed by atoms with Crippen LogP contribution >= 0.6 is 11.6 Å². The van der Waals surface area contributed by atoms with Crippen molar-refractivity contribution in [1.82, 2.24) is 0 Å². The molecule has 0 saturated carbocycles.